The minimum Gasteiger partial charge on any atom is -0.457 e. The van der Waals surface area contributed by atoms with Crippen LogP contribution in [0.2, 0.25) is 0 Å². The maximum atomic E-state index is 6.89. The molecule has 0 unspecified atom stereocenters. The molecule has 0 N–H and O–H groups in total. The van der Waals surface area contributed by atoms with Crippen LogP contribution in [0.3, 0.4) is 0 Å². The maximum Gasteiger partial charge on any atom is 0.252 e. The van der Waals surface area contributed by atoms with Crippen LogP contribution in [-0.2, 0) is 16.2 Å². The van der Waals surface area contributed by atoms with Crippen molar-refractivity contribution >= 4 is 78.9 Å². The second-order valence-corrected chi connectivity index (χ2v) is 21.6. The van der Waals surface area contributed by atoms with E-state index in [1.54, 1.807) is 0 Å². The van der Waals surface area contributed by atoms with Gasteiger partial charge in [-0.25, -0.2) is 4.98 Å². The first kappa shape index (κ1) is 39.8. The van der Waals surface area contributed by atoms with Crippen molar-refractivity contribution in [3.63, 3.8) is 0 Å². The van der Waals surface area contributed by atoms with E-state index in [4.69, 9.17) is 14.5 Å². The van der Waals surface area contributed by atoms with Gasteiger partial charge < -0.3 is 19.3 Å². The molecule has 0 atom stereocenters. The average molecular weight is 934 g/mol. The maximum absolute atomic E-state index is 6.89. The molecule has 0 amide bonds. The van der Waals surface area contributed by atoms with Gasteiger partial charge in [0.2, 0.25) is 0 Å². The molecule has 342 valence electrons. The van der Waals surface area contributed by atoms with E-state index in [2.05, 4.69) is 243 Å². The molecule has 0 bridgehead atoms. The van der Waals surface area contributed by atoms with Gasteiger partial charge in [-0.3, -0.25) is 0 Å². The Kier molecular flexibility index (Phi) is 7.39. The van der Waals surface area contributed by atoms with Crippen LogP contribution in [0.15, 0.2) is 212 Å². The van der Waals surface area contributed by atoms with Crippen molar-refractivity contribution in [1.82, 2.24) is 4.98 Å². The number of rotatable bonds is 0. The van der Waals surface area contributed by atoms with E-state index >= 15 is 0 Å². The van der Waals surface area contributed by atoms with Crippen molar-refractivity contribution in [2.75, 3.05) is 9.80 Å². The Morgan fingerprint density at radius 1 is 0.384 bits per heavy atom. The largest absolute Gasteiger partial charge is 0.457 e. The molecule has 10 aromatic carbocycles. The van der Waals surface area contributed by atoms with Crippen LogP contribution >= 0.6 is 0 Å². The van der Waals surface area contributed by atoms with Gasteiger partial charge in [0.05, 0.1) is 39.1 Å². The summed E-state index contributed by atoms with van der Waals surface area (Å²) in [6.07, 6.45) is 0. The van der Waals surface area contributed by atoms with Crippen molar-refractivity contribution in [1.29, 1.82) is 0 Å². The Balaban J connectivity index is 1.09. The molecule has 0 radical (unpaired) electrons. The standard InChI is InChI=1S/C67H44BN3O2/c1-65(2,3)64-40-21-5-4-20-39(40)41-38-54-59-63(60(41)69-64)71-53-33-13-7-23-43(53)67(46-26-10-16-36-57(46)73-58-37-17-11-27-47(58)67)49-29-19-31-51(62(49)71)68(59)50-30-18-28-48-61(50)70(54)52-32-12-6-22-42(52)66(48)44-24-8-14-34-55(44)72-56-35-15-9-25-45(56)66/h4-38H,1-3H3. The third-order valence-corrected chi connectivity index (χ3v) is 17.2. The zero-order valence-electron chi connectivity index (χ0n) is 40.4. The highest BCUT2D eigenvalue weighted by molar-refractivity contribution is 7.00. The van der Waals surface area contributed by atoms with Gasteiger partial charge in [-0.05, 0) is 86.5 Å². The molecule has 6 heteroatoms. The minimum absolute atomic E-state index is 0.168. The lowest BCUT2D eigenvalue weighted by atomic mass is 9.32. The number of nitrogens with zero attached hydrogens (tertiary/aromatic N) is 3. The molecule has 6 aliphatic rings. The minimum atomic E-state index is -0.708. The Bertz CT molecular complexity index is 4220. The summed E-state index contributed by atoms with van der Waals surface area (Å²) in [5.41, 5.74) is 20.8. The highest BCUT2D eigenvalue weighted by atomic mass is 16.5. The van der Waals surface area contributed by atoms with Crippen molar-refractivity contribution in [2.24, 2.45) is 0 Å². The number of para-hydroxylation sites is 8. The van der Waals surface area contributed by atoms with Crippen molar-refractivity contribution < 1.29 is 9.47 Å². The second-order valence-electron chi connectivity index (χ2n) is 21.6. The molecule has 0 saturated carbocycles. The monoisotopic (exact) mass is 933 g/mol. The van der Waals surface area contributed by atoms with E-state index in [1.165, 1.54) is 66.5 Å². The Morgan fingerprint density at radius 3 is 1.30 bits per heavy atom. The lowest BCUT2D eigenvalue weighted by Crippen LogP contribution is -2.63. The molecule has 11 aromatic rings. The number of fused-ring (bicyclic) bond motifs is 24. The van der Waals surface area contributed by atoms with Crippen LogP contribution in [0.5, 0.6) is 23.0 Å². The van der Waals surface area contributed by atoms with Crippen LogP contribution in [-0.4, -0.2) is 11.7 Å². The molecular weight excluding hydrogens is 890 g/mol. The van der Waals surface area contributed by atoms with Gasteiger partial charge in [-0.15, -0.1) is 0 Å². The normalized spacial score (nSPS) is 15.7. The van der Waals surface area contributed by atoms with Crippen molar-refractivity contribution in [3.8, 4) is 23.0 Å². The molecule has 0 saturated heterocycles. The number of hydrogen-bond donors (Lipinski definition) is 0. The summed E-state index contributed by atoms with van der Waals surface area (Å²) in [7, 11) is 0. The van der Waals surface area contributed by atoms with Crippen molar-refractivity contribution in [3.05, 3.63) is 263 Å². The predicted molar refractivity (Wildman–Crippen MR) is 296 cm³/mol. The van der Waals surface area contributed by atoms with E-state index in [9.17, 15) is 0 Å². The smallest absolute Gasteiger partial charge is 0.252 e. The fourth-order valence-electron chi connectivity index (χ4n) is 14.6. The van der Waals surface area contributed by atoms with Crippen LogP contribution < -0.4 is 35.7 Å². The first-order valence-corrected chi connectivity index (χ1v) is 25.6. The van der Waals surface area contributed by atoms with Gasteiger partial charge in [0.25, 0.3) is 6.71 Å². The summed E-state index contributed by atoms with van der Waals surface area (Å²) >= 11 is 0. The quantitative estimate of drug-likeness (QED) is 0.112. The lowest BCUT2D eigenvalue weighted by molar-refractivity contribution is 0.434. The van der Waals surface area contributed by atoms with E-state index in [0.717, 1.165) is 78.9 Å². The SMILES string of the molecule is CC(C)(C)c1nc2c3c4c(cc2c2ccccc12)N1c2ccccc2C2(c5ccccc5Oc5ccccc52)c2cccc(c21)B4c1cccc2c1N3c1ccccc1C21c2ccccc2Oc2ccccc21. The predicted octanol–water partition coefficient (Wildman–Crippen LogP) is 14.4. The topological polar surface area (TPSA) is 37.8 Å². The molecule has 0 aliphatic carbocycles. The third-order valence-electron chi connectivity index (χ3n) is 17.2. The van der Waals surface area contributed by atoms with E-state index in [0.29, 0.717) is 0 Å². The molecule has 6 aliphatic heterocycles. The second kappa shape index (κ2) is 13.5. The Hall–Kier alpha value is -8.87. The number of anilines is 6. The average Bonchev–Trinajstić information content (AvgIpc) is 3.43. The van der Waals surface area contributed by atoms with Crippen LogP contribution in [0.1, 0.15) is 71.0 Å². The number of ether oxygens (including phenoxy) is 2. The molecule has 17 rings (SSSR count). The highest BCUT2D eigenvalue weighted by Gasteiger charge is 2.58. The third kappa shape index (κ3) is 4.61. The van der Waals surface area contributed by atoms with Gasteiger partial charge in [0, 0.05) is 55.5 Å². The van der Waals surface area contributed by atoms with Crippen LogP contribution in [0, 0.1) is 0 Å². The summed E-state index contributed by atoms with van der Waals surface area (Å²) in [4.78, 5) is 11.3. The summed E-state index contributed by atoms with van der Waals surface area (Å²) in [6.45, 7) is 6.74. The summed E-state index contributed by atoms with van der Waals surface area (Å²) in [5, 5.41) is 3.52. The van der Waals surface area contributed by atoms with Gasteiger partial charge in [-0.2, -0.15) is 0 Å². The number of aromatic nitrogens is 1. The Labute approximate surface area is 423 Å². The summed E-state index contributed by atoms with van der Waals surface area (Å²) in [6, 6.07) is 78.8. The lowest BCUT2D eigenvalue weighted by Gasteiger charge is -2.54. The fourth-order valence-corrected chi connectivity index (χ4v) is 14.6. The van der Waals surface area contributed by atoms with E-state index in [-0.39, 0.29) is 12.1 Å². The van der Waals surface area contributed by atoms with Gasteiger partial charge >= 0.3 is 0 Å². The van der Waals surface area contributed by atoms with Crippen molar-refractivity contribution in [2.45, 2.75) is 37.0 Å². The zero-order valence-corrected chi connectivity index (χ0v) is 40.4. The van der Waals surface area contributed by atoms with E-state index < -0.39 is 10.8 Å². The molecule has 5 nitrogen and oxygen atoms in total. The Morgan fingerprint density at radius 2 is 0.795 bits per heavy atom. The summed E-state index contributed by atoms with van der Waals surface area (Å²) < 4.78 is 13.8. The van der Waals surface area contributed by atoms with Gasteiger partial charge in [0.1, 0.15) is 23.0 Å². The van der Waals surface area contributed by atoms with Crippen LogP contribution in [0.4, 0.5) is 34.1 Å². The fraction of sp³-hybridized carbons (Fsp3) is 0.0896. The van der Waals surface area contributed by atoms with Gasteiger partial charge in [-0.1, -0.05) is 191 Å². The first-order valence-electron chi connectivity index (χ1n) is 25.6. The molecule has 73 heavy (non-hydrogen) atoms. The first-order chi connectivity index (χ1) is 35.9. The number of hydrogen-bond acceptors (Lipinski definition) is 5. The zero-order chi connectivity index (χ0) is 48.1. The molecule has 0 fully saturated rings. The summed E-state index contributed by atoms with van der Waals surface area (Å²) in [5.74, 6) is 3.51. The van der Waals surface area contributed by atoms with Gasteiger partial charge in [0.15, 0.2) is 0 Å². The highest BCUT2D eigenvalue weighted by Crippen LogP contribution is 2.66. The number of pyridine rings is 1. The molecular formula is C67H44BN3O2. The molecule has 7 heterocycles. The number of benzene rings is 10. The molecule has 1 aromatic heterocycles. The molecule has 2 spiro atoms. The van der Waals surface area contributed by atoms with Crippen LogP contribution in [0.25, 0.3) is 21.7 Å². The van der Waals surface area contributed by atoms with E-state index in [1.807, 2.05) is 0 Å².